The Bertz CT molecular complexity index is 1280. The lowest BCUT2D eigenvalue weighted by Crippen LogP contribution is -2.34. The van der Waals surface area contributed by atoms with Crippen LogP contribution in [0.25, 0.3) is 22.2 Å². The van der Waals surface area contributed by atoms with Gasteiger partial charge in [0.2, 0.25) is 0 Å². The quantitative estimate of drug-likeness (QED) is 0.499. The van der Waals surface area contributed by atoms with Gasteiger partial charge in [-0.1, -0.05) is 30.3 Å². The number of hydrogen-bond donors (Lipinski definition) is 1. The van der Waals surface area contributed by atoms with E-state index in [1.54, 1.807) is 19.2 Å². The van der Waals surface area contributed by atoms with Gasteiger partial charge in [0.15, 0.2) is 12.4 Å². The summed E-state index contributed by atoms with van der Waals surface area (Å²) >= 11 is 0. The highest BCUT2D eigenvalue weighted by atomic mass is 19.1. The number of amides is 1. The Labute approximate surface area is 177 Å². The van der Waals surface area contributed by atoms with Gasteiger partial charge < -0.3 is 10.1 Å². The number of carbonyl (C=O) groups excluding carboxylic acids is 1. The topological polar surface area (TPSA) is 78.2 Å². The molecule has 0 spiro atoms. The Morgan fingerprint density at radius 2 is 1.81 bits per heavy atom. The molecule has 1 N–H and O–H groups in total. The molecule has 1 aromatic heterocycles. The Hall–Kier alpha value is -3.94. The summed E-state index contributed by atoms with van der Waals surface area (Å²) in [5, 5.41) is 9.14. The number of fused-ring (bicyclic) bond motifs is 1. The molecule has 0 saturated carbocycles. The standard InChI is InChI=1S/C23H21FN4O3/c1-27-22(17-6-9-19(24)10-7-17)26-28(23(27)30)13-12-25-21(29)15-31-20-11-8-16-4-2-3-5-18(16)14-20/h2-11,14H,12-13,15H2,1H3,(H,25,29). The lowest BCUT2D eigenvalue weighted by molar-refractivity contribution is -0.123. The van der Waals surface area contributed by atoms with Crippen molar-refractivity contribution in [2.24, 2.45) is 7.05 Å². The molecule has 4 aromatic rings. The summed E-state index contributed by atoms with van der Waals surface area (Å²) in [4.78, 5) is 24.5. The van der Waals surface area contributed by atoms with Crippen molar-refractivity contribution in [3.8, 4) is 17.1 Å². The summed E-state index contributed by atoms with van der Waals surface area (Å²) in [6.07, 6.45) is 0. The maximum absolute atomic E-state index is 13.1. The summed E-state index contributed by atoms with van der Waals surface area (Å²) in [6.45, 7) is 0.297. The molecular formula is C23H21FN4O3. The Morgan fingerprint density at radius 1 is 1.06 bits per heavy atom. The van der Waals surface area contributed by atoms with Crippen LogP contribution >= 0.6 is 0 Å². The normalized spacial score (nSPS) is 10.9. The number of hydrogen-bond acceptors (Lipinski definition) is 4. The molecule has 0 aliphatic heterocycles. The van der Waals surface area contributed by atoms with E-state index in [-0.39, 0.29) is 37.1 Å². The second-order valence-electron chi connectivity index (χ2n) is 7.04. The highest BCUT2D eigenvalue weighted by Crippen LogP contribution is 2.20. The van der Waals surface area contributed by atoms with Crippen LogP contribution in [0.3, 0.4) is 0 Å². The smallest absolute Gasteiger partial charge is 0.345 e. The van der Waals surface area contributed by atoms with Gasteiger partial charge >= 0.3 is 5.69 Å². The van der Waals surface area contributed by atoms with Gasteiger partial charge in [0, 0.05) is 19.2 Å². The molecule has 8 heteroatoms. The third-order valence-electron chi connectivity index (χ3n) is 4.88. The molecule has 7 nitrogen and oxygen atoms in total. The van der Waals surface area contributed by atoms with E-state index in [1.807, 2.05) is 42.5 Å². The van der Waals surface area contributed by atoms with Crippen molar-refractivity contribution in [3.63, 3.8) is 0 Å². The van der Waals surface area contributed by atoms with Crippen molar-refractivity contribution < 1.29 is 13.9 Å². The first-order chi connectivity index (χ1) is 15.0. The Morgan fingerprint density at radius 3 is 2.58 bits per heavy atom. The molecule has 3 aromatic carbocycles. The van der Waals surface area contributed by atoms with E-state index in [9.17, 15) is 14.0 Å². The minimum Gasteiger partial charge on any atom is -0.484 e. The first kappa shape index (κ1) is 20.3. The minimum absolute atomic E-state index is 0.129. The zero-order valence-electron chi connectivity index (χ0n) is 16.9. The summed E-state index contributed by atoms with van der Waals surface area (Å²) in [7, 11) is 1.60. The molecule has 0 radical (unpaired) electrons. The van der Waals surface area contributed by atoms with Gasteiger partial charge in [-0.15, -0.1) is 5.10 Å². The summed E-state index contributed by atoms with van der Waals surface area (Å²) in [5.41, 5.74) is 0.313. The largest absolute Gasteiger partial charge is 0.484 e. The summed E-state index contributed by atoms with van der Waals surface area (Å²) in [5.74, 6) is 0.382. The maximum atomic E-state index is 13.1. The fourth-order valence-electron chi connectivity index (χ4n) is 3.24. The predicted octanol–water partition coefficient (Wildman–Crippen LogP) is 2.74. The number of rotatable bonds is 7. The number of aromatic nitrogens is 3. The van der Waals surface area contributed by atoms with Crippen LogP contribution in [0.2, 0.25) is 0 Å². The summed E-state index contributed by atoms with van der Waals surface area (Å²) in [6, 6.07) is 19.3. The van der Waals surface area contributed by atoms with Crippen molar-refractivity contribution in [2.45, 2.75) is 6.54 Å². The van der Waals surface area contributed by atoms with Crippen LogP contribution in [0.15, 0.2) is 71.5 Å². The number of halogens is 1. The molecular weight excluding hydrogens is 399 g/mol. The van der Waals surface area contributed by atoms with Crippen LogP contribution in [0.5, 0.6) is 5.75 Å². The SMILES string of the molecule is Cn1c(-c2ccc(F)cc2)nn(CCNC(=O)COc2ccc3ccccc3c2)c1=O. The van der Waals surface area contributed by atoms with Gasteiger partial charge in [-0.25, -0.2) is 13.9 Å². The molecule has 158 valence electrons. The molecule has 4 rings (SSSR count). The van der Waals surface area contributed by atoms with Crippen molar-refractivity contribution in [3.05, 3.63) is 83.0 Å². The fourth-order valence-corrected chi connectivity index (χ4v) is 3.24. The van der Waals surface area contributed by atoms with Gasteiger partial charge in [0.25, 0.3) is 5.91 Å². The predicted molar refractivity (Wildman–Crippen MR) is 115 cm³/mol. The Balaban J connectivity index is 1.31. The van der Waals surface area contributed by atoms with Gasteiger partial charge in [-0.05, 0) is 47.2 Å². The molecule has 0 saturated heterocycles. The van der Waals surface area contributed by atoms with E-state index < -0.39 is 0 Å². The van der Waals surface area contributed by atoms with Gasteiger partial charge in [-0.3, -0.25) is 9.36 Å². The van der Waals surface area contributed by atoms with Crippen LogP contribution < -0.4 is 15.7 Å². The number of carbonyl (C=O) groups is 1. The Kier molecular flexibility index (Phi) is 5.79. The van der Waals surface area contributed by atoms with E-state index in [4.69, 9.17) is 4.74 Å². The highest BCUT2D eigenvalue weighted by molar-refractivity contribution is 5.84. The third-order valence-corrected chi connectivity index (χ3v) is 4.88. The number of nitrogens with zero attached hydrogens (tertiary/aromatic N) is 3. The maximum Gasteiger partial charge on any atom is 0.345 e. The number of ether oxygens (including phenoxy) is 1. The number of nitrogens with one attached hydrogen (secondary N) is 1. The van der Waals surface area contributed by atoms with Crippen molar-refractivity contribution >= 4 is 16.7 Å². The van der Waals surface area contributed by atoms with Gasteiger partial charge in [0.1, 0.15) is 11.6 Å². The van der Waals surface area contributed by atoms with Crippen LogP contribution in [0.1, 0.15) is 0 Å². The zero-order chi connectivity index (χ0) is 21.8. The molecule has 0 aliphatic carbocycles. The van der Waals surface area contributed by atoms with Gasteiger partial charge in [0.05, 0.1) is 6.54 Å². The first-order valence-electron chi connectivity index (χ1n) is 9.79. The van der Waals surface area contributed by atoms with E-state index in [0.717, 1.165) is 10.8 Å². The van der Waals surface area contributed by atoms with Crippen LogP contribution in [0, 0.1) is 5.82 Å². The molecule has 1 heterocycles. The van der Waals surface area contributed by atoms with E-state index in [2.05, 4.69) is 10.4 Å². The second-order valence-corrected chi connectivity index (χ2v) is 7.04. The molecule has 1 amide bonds. The average Bonchev–Trinajstić information content (AvgIpc) is 3.07. The molecule has 0 bridgehead atoms. The molecule has 31 heavy (non-hydrogen) atoms. The fraction of sp³-hybridized carbons (Fsp3) is 0.174. The molecule has 0 unspecified atom stereocenters. The minimum atomic E-state index is -0.359. The monoisotopic (exact) mass is 420 g/mol. The van der Waals surface area contributed by atoms with Crippen LogP contribution in [-0.4, -0.2) is 33.4 Å². The van der Waals surface area contributed by atoms with E-state index >= 15 is 0 Å². The molecule has 0 fully saturated rings. The zero-order valence-corrected chi connectivity index (χ0v) is 16.9. The lowest BCUT2D eigenvalue weighted by Gasteiger charge is -2.08. The van der Waals surface area contributed by atoms with E-state index in [0.29, 0.717) is 17.1 Å². The first-order valence-corrected chi connectivity index (χ1v) is 9.79. The van der Waals surface area contributed by atoms with Crippen molar-refractivity contribution in [1.82, 2.24) is 19.7 Å². The average molecular weight is 420 g/mol. The summed E-state index contributed by atoms with van der Waals surface area (Å²) < 4.78 is 21.3. The highest BCUT2D eigenvalue weighted by Gasteiger charge is 2.12. The van der Waals surface area contributed by atoms with Crippen molar-refractivity contribution in [1.29, 1.82) is 0 Å². The van der Waals surface area contributed by atoms with Crippen molar-refractivity contribution in [2.75, 3.05) is 13.2 Å². The lowest BCUT2D eigenvalue weighted by atomic mass is 10.1. The molecule has 0 atom stereocenters. The molecule has 0 aliphatic rings. The van der Waals surface area contributed by atoms with Gasteiger partial charge in [-0.2, -0.15) is 0 Å². The third kappa shape index (κ3) is 4.63. The van der Waals surface area contributed by atoms with E-state index in [1.165, 1.54) is 21.4 Å². The van der Waals surface area contributed by atoms with Crippen LogP contribution in [0.4, 0.5) is 4.39 Å². The van der Waals surface area contributed by atoms with Crippen LogP contribution in [-0.2, 0) is 18.4 Å². The number of benzene rings is 3. The second kappa shape index (κ2) is 8.83.